The van der Waals surface area contributed by atoms with Crippen LogP contribution in [-0.2, 0) is 5.41 Å². The van der Waals surface area contributed by atoms with E-state index in [-0.39, 0.29) is 5.41 Å². The number of benzene rings is 1. The zero-order valence-corrected chi connectivity index (χ0v) is 13.1. The topological polar surface area (TPSA) is 38.7 Å². The van der Waals surface area contributed by atoms with E-state index in [1.54, 1.807) is 11.7 Å². The molecule has 102 valence electrons. The minimum atomic E-state index is 0.0772. The fourth-order valence-electron chi connectivity index (χ4n) is 1.99. The van der Waals surface area contributed by atoms with E-state index in [9.17, 15) is 0 Å². The van der Waals surface area contributed by atoms with Crippen LogP contribution in [0.5, 0.6) is 0 Å². The van der Waals surface area contributed by atoms with Gasteiger partial charge in [-0.1, -0.05) is 38.4 Å². The van der Waals surface area contributed by atoms with Gasteiger partial charge in [-0.3, -0.25) is 4.98 Å². The third-order valence-corrected chi connectivity index (χ3v) is 4.23. The van der Waals surface area contributed by atoms with Crippen LogP contribution in [0.25, 0.3) is 21.6 Å². The Morgan fingerprint density at radius 1 is 1.15 bits per heavy atom. The minimum absolute atomic E-state index is 0.0772. The van der Waals surface area contributed by atoms with Crippen molar-refractivity contribution < 1.29 is 0 Å². The highest BCUT2D eigenvalue weighted by molar-refractivity contribution is 7.13. The molecule has 2 aromatic heterocycles. The zero-order chi connectivity index (χ0) is 14.3. The van der Waals surface area contributed by atoms with Gasteiger partial charge in [0.1, 0.15) is 5.15 Å². The van der Waals surface area contributed by atoms with Crippen LogP contribution >= 0.6 is 22.9 Å². The second kappa shape index (κ2) is 4.79. The normalized spacial score (nSPS) is 12.0. The van der Waals surface area contributed by atoms with Gasteiger partial charge in [-0.15, -0.1) is 11.3 Å². The molecule has 0 spiro atoms. The van der Waals surface area contributed by atoms with Gasteiger partial charge >= 0.3 is 0 Å². The fraction of sp³-hybridized carbons (Fsp3) is 0.267. The van der Waals surface area contributed by atoms with Crippen LogP contribution in [0.15, 0.2) is 29.9 Å². The van der Waals surface area contributed by atoms with Crippen molar-refractivity contribution in [1.29, 1.82) is 0 Å². The Morgan fingerprint density at radius 2 is 1.95 bits per heavy atom. The molecule has 3 rings (SSSR count). The fourth-order valence-corrected chi connectivity index (χ4v) is 2.78. The molecule has 0 aliphatic rings. The Labute approximate surface area is 126 Å². The van der Waals surface area contributed by atoms with Gasteiger partial charge in [0.15, 0.2) is 5.82 Å². The molecular formula is C15H14ClN3S. The number of halogens is 1. The Balaban J connectivity index is 2.20. The number of thiazole rings is 1. The Bertz CT molecular complexity index is 761. The van der Waals surface area contributed by atoms with Crippen LogP contribution in [0.2, 0.25) is 5.15 Å². The number of rotatable bonds is 1. The molecule has 0 saturated heterocycles. The molecule has 5 heteroatoms. The third kappa shape index (κ3) is 2.41. The van der Waals surface area contributed by atoms with Crippen molar-refractivity contribution in [2.75, 3.05) is 0 Å². The van der Waals surface area contributed by atoms with Crippen LogP contribution in [0.3, 0.4) is 0 Å². The average Bonchev–Trinajstić information content (AvgIpc) is 2.91. The van der Waals surface area contributed by atoms with Crippen molar-refractivity contribution in [3.05, 3.63) is 40.6 Å². The number of hydrogen-bond donors (Lipinski definition) is 0. The Morgan fingerprint density at radius 3 is 2.60 bits per heavy atom. The number of aromatic nitrogens is 3. The van der Waals surface area contributed by atoms with Crippen molar-refractivity contribution in [2.24, 2.45) is 0 Å². The van der Waals surface area contributed by atoms with Crippen molar-refractivity contribution in [2.45, 2.75) is 26.2 Å². The summed E-state index contributed by atoms with van der Waals surface area (Å²) in [7, 11) is 0. The molecule has 1 aromatic carbocycles. The summed E-state index contributed by atoms with van der Waals surface area (Å²) in [6.45, 7) is 6.53. The minimum Gasteiger partial charge on any atom is -0.252 e. The maximum absolute atomic E-state index is 6.33. The lowest BCUT2D eigenvalue weighted by Gasteiger charge is -2.19. The second-order valence-electron chi connectivity index (χ2n) is 5.69. The average molecular weight is 304 g/mol. The summed E-state index contributed by atoms with van der Waals surface area (Å²) in [5.41, 5.74) is 3.93. The molecule has 20 heavy (non-hydrogen) atoms. The molecule has 0 atom stereocenters. The molecule has 0 N–H and O–H groups in total. The van der Waals surface area contributed by atoms with Crippen molar-refractivity contribution in [1.82, 2.24) is 15.0 Å². The summed E-state index contributed by atoms with van der Waals surface area (Å²) in [5, 5.41) is 1.39. The molecule has 0 saturated carbocycles. The van der Waals surface area contributed by atoms with Crippen molar-refractivity contribution in [3.8, 4) is 10.7 Å². The Kier molecular flexibility index (Phi) is 3.22. The van der Waals surface area contributed by atoms with Crippen LogP contribution in [0.4, 0.5) is 0 Å². The number of hydrogen-bond acceptors (Lipinski definition) is 4. The second-order valence-corrected chi connectivity index (χ2v) is 6.93. The highest BCUT2D eigenvalue weighted by Gasteiger charge is 2.16. The molecule has 0 bridgehead atoms. The summed E-state index contributed by atoms with van der Waals surface area (Å²) < 4.78 is 0. The highest BCUT2D eigenvalue weighted by Crippen LogP contribution is 2.30. The summed E-state index contributed by atoms with van der Waals surface area (Å²) in [6, 6.07) is 6.18. The Hall–Kier alpha value is -1.52. The van der Waals surface area contributed by atoms with Gasteiger partial charge in [-0.2, -0.15) is 0 Å². The maximum Gasteiger partial charge on any atom is 0.173 e. The van der Waals surface area contributed by atoms with E-state index >= 15 is 0 Å². The quantitative estimate of drug-likeness (QED) is 0.611. The van der Waals surface area contributed by atoms with E-state index in [0.717, 1.165) is 15.8 Å². The van der Waals surface area contributed by atoms with E-state index < -0.39 is 0 Å². The molecule has 0 fully saturated rings. The van der Waals surface area contributed by atoms with E-state index in [0.29, 0.717) is 11.0 Å². The smallest absolute Gasteiger partial charge is 0.173 e. The molecule has 0 aliphatic carbocycles. The van der Waals surface area contributed by atoms with Gasteiger partial charge in [0.05, 0.1) is 15.9 Å². The van der Waals surface area contributed by atoms with Gasteiger partial charge in [0.2, 0.25) is 0 Å². The van der Waals surface area contributed by atoms with Gasteiger partial charge in [0, 0.05) is 11.6 Å². The first-order valence-electron chi connectivity index (χ1n) is 6.32. The molecule has 0 aliphatic heterocycles. The van der Waals surface area contributed by atoms with Crippen molar-refractivity contribution >= 4 is 33.8 Å². The zero-order valence-electron chi connectivity index (χ0n) is 11.5. The summed E-state index contributed by atoms with van der Waals surface area (Å²) in [4.78, 5) is 13.9. The largest absolute Gasteiger partial charge is 0.252 e. The summed E-state index contributed by atoms with van der Waals surface area (Å²) in [6.07, 6.45) is 1.76. The molecule has 3 aromatic rings. The molecule has 2 heterocycles. The maximum atomic E-state index is 6.33. The molecule has 0 radical (unpaired) electrons. The number of nitrogens with zero attached hydrogens (tertiary/aromatic N) is 3. The lowest BCUT2D eigenvalue weighted by molar-refractivity contribution is 0.591. The highest BCUT2D eigenvalue weighted by atomic mass is 35.5. The molecule has 0 unspecified atom stereocenters. The predicted octanol–water partition coefficient (Wildman–Crippen LogP) is 4.70. The monoisotopic (exact) mass is 303 g/mol. The first-order valence-corrected chi connectivity index (χ1v) is 7.57. The first kappa shape index (κ1) is 13.5. The van der Waals surface area contributed by atoms with Gasteiger partial charge < -0.3 is 0 Å². The van der Waals surface area contributed by atoms with E-state index in [2.05, 4.69) is 47.9 Å². The number of fused-ring (bicyclic) bond motifs is 1. The predicted molar refractivity (Wildman–Crippen MR) is 84.4 cm³/mol. The van der Waals surface area contributed by atoms with Crippen LogP contribution < -0.4 is 0 Å². The third-order valence-electron chi connectivity index (χ3n) is 3.17. The van der Waals surface area contributed by atoms with Gasteiger partial charge in [0.25, 0.3) is 0 Å². The summed E-state index contributed by atoms with van der Waals surface area (Å²) in [5.74, 6) is 0.633. The van der Waals surface area contributed by atoms with Crippen LogP contribution in [0, 0.1) is 0 Å². The first-order chi connectivity index (χ1) is 9.45. The summed E-state index contributed by atoms with van der Waals surface area (Å²) >= 11 is 7.84. The van der Waals surface area contributed by atoms with E-state index in [4.69, 9.17) is 11.6 Å². The van der Waals surface area contributed by atoms with Gasteiger partial charge in [-0.25, -0.2) is 9.97 Å². The molecular weight excluding hydrogens is 290 g/mol. The standard InChI is InChI=1S/C15H14ClN3S/c1-15(2,3)9-4-5-11-10(6-9)13(16)19-14(18-11)12-7-17-8-20-12/h4-8H,1-3H3. The SMILES string of the molecule is CC(C)(C)c1ccc2nc(-c3cncs3)nc(Cl)c2c1. The van der Waals surface area contributed by atoms with Gasteiger partial charge in [-0.05, 0) is 23.1 Å². The van der Waals surface area contributed by atoms with Crippen LogP contribution in [0.1, 0.15) is 26.3 Å². The lowest BCUT2D eigenvalue weighted by Crippen LogP contribution is -2.10. The van der Waals surface area contributed by atoms with E-state index in [1.807, 2.05) is 6.07 Å². The molecule has 0 amide bonds. The van der Waals surface area contributed by atoms with Crippen molar-refractivity contribution in [3.63, 3.8) is 0 Å². The molecule has 3 nitrogen and oxygen atoms in total. The van der Waals surface area contributed by atoms with Crippen LogP contribution in [-0.4, -0.2) is 15.0 Å². The van der Waals surface area contributed by atoms with E-state index in [1.165, 1.54) is 16.9 Å². The lowest BCUT2D eigenvalue weighted by atomic mass is 9.86.